The zero-order valence-electron chi connectivity index (χ0n) is 13.9. The van der Waals surface area contributed by atoms with Gasteiger partial charge in [-0.15, -0.1) is 0 Å². The van der Waals surface area contributed by atoms with Gasteiger partial charge in [0.15, 0.2) is 5.78 Å². The van der Waals surface area contributed by atoms with Crippen LogP contribution in [0.25, 0.3) is 0 Å². The quantitative estimate of drug-likeness (QED) is 0.351. The fraction of sp³-hybridized carbons (Fsp3) is 0.353. The van der Waals surface area contributed by atoms with E-state index in [1.165, 1.54) is 0 Å². The Morgan fingerprint density at radius 2 is 1.18 bits per heavy atom. The number of nitrogens with zero attached hydrogens (tertiary/aromatic N) is 2. The molecule has 0 aliphatic rings. The van der Waals surface area contributed by atoms with Gasteiger partial charge in [0.05, 0.1) is 34.4 Å². The summed E-state index contributed by atoms with van der Waals surface area (Å²) in [5.41, 5.74) is -3.32. The highest BCUT2D eigenvalue weighted by molar-refractivity contribution is 9.09. The number of alkyl halides is 8. The molecule has 3 nitrogen and oxygen atoms in total. The van der Waals surface area contributed by atoms with Gasteiger partial charge in [0, 0.05) is 23.1 Å². The molecule has 11 heteroatoms. The Morgan fingerprint density at radius 1 is 0.821 bits per heavy atom. The number of pyridine rings is 2. The van der Waals surface area contributed by atoms with Crippen LogP contribution >= 0.6 is 31.9 Å². The molecule has 2 atom stereocenters. The molecule has 2 rings (SSSR count). The summed E-state index contributed by atoms with van der Waals surface area (Å²) < 4.78 is 79.8. The molecule has 0 fully saturated rings. The molecule has 152 valence electrons. The van der Waals surface area contributed by atoms with Crippen molar-refractivity contribution in [1.82, 2.24) is 9.97 Å². The summed E-state index contributed by atoms with van der Waals surface area (Å²) in [4.78, 5) is 20.4. The Kier molecular flexibility index (Phi) is 7.24. The molecule has 2 aromatic heterocycles. The number of aromatic nitrogens is 2. The molecule has 0 spiro atoms. The van der Waals surface area contributed by atoms with Crippen molar-refractivity contribution in [3.05, 3.63) is 59.2 Å². The van der Waals surface area contributed by atoms with Gasteiger partial charge in [-0.25, -0.2) is 0 Å². The summed E-state index contributed by atoms with van der Waals surface area (Å²) >= 11 is 5.99. The summed E-state index contributed by atoms with van der Waals surface area (Å²) in [6.45, 7) is 0. The van der Waals surface area contributed by atoms with Crippen molar-refractivity contribution in [2.24, 2.45) is 0 Å². The highest BCUT2D eigenvalue weighted by Crippen LogP contribution is 2.39. The summed E-state index contributed by atoms with van der Waals surface area (Å²) in [6, 6.07) is 3.70. The van der Waals surface area contributed by atoms with E-state index in [2.05, 4.69) is 41.8 Å². The smallest absolute Gasteiger partial charge is 0.298 e. The Balaban J connectivity index is 2.54. The molecule has 0 amide bonds. The maximum atomic E-state index is 13.3. The van der Waals surface area contributed by atoms with Crippen LogP contribution in [-0.2, 0) is 17.1 Å². The van der Waals surface area contributed by atoms with Gasteiger partial charge in [-0.3, -0.25) is 14.8 Å². The number of carbonyl (C=O) groups excluding carboxylic acids is 1. The van der Waals surface area contributed by atoms with Crippen molar-refractivity contribution in [2.75, 3.05) is 10.7 Å². The van der Waals surface area contributed by atoms with Gasteiger partial charge >= 0.3 is 12.4 Å². The van der Waals surface area contributed by atoms with Gasteiger partial charge in [-0.05, 0) is 24.3 Å². The van der Waals surface area contributed by atoms with E-state index < -0.39 is 52.5 Å². The first-order valence-electron chi connectivity index (χ1n) is 7.72. The van der Waals surface area contributed by atoms with Crippen molar-refractivity contribution in [3.63, 3.8) is 0 Å². The van der Waals surface area contributed by atoms with Crippen LogP contribution in [0.5, 0.6) is 0 Å². The van der Waals surface area contributed by atoms with Crippen LogP contribution in [0.4, 0.5) is 26.3 Å². The molecule has 0 bridgehead atoms. The van der Waals surface area contributed by atoms with Gasteiger partial charge in [0.2, 0.25) is 0 Å². The number of rotatable bonds is 6. The molecule has 0 aliphatic carbocycles. The summed E-state index contributed by atoms with van der Waals surface area (Å²) in [7, 11) is 0. The monoisotopic (exact) mass is 532 g/mol. The topological polar surface area (TPSA) is 42.9 Å². The van der Waals surface area contributed by atoms with E-state index in [-0.39, 0.29) is 10.7 Å². The van der Waals surface area contributed by atoms with Crippen molar-refractivity contribution in [2.45, 2.75) is 24.2 Å². The molecule has 28 heavy (non-hydrogen) atoms. The Hall–Kier alpha value is -1.49. The van der Waals surface area contributed by atoms with Gasteiger partial charge in [-0.2, -0.15) is 26.3 Å². The maximum absolute atomic E-state index is 13.3. The zero-order valence-corrected chi connectivity index (χ0v) is 17.0. The third-order valence-electron chi connectivity index (χ3n) is 3.94. The average molecular weight is 534 g/mol. The van der Waals surface area contributed by atoms with Gasteiger partial charge in [-0.1, -0.05) is 31.9 Å². The molecule has 0 saturated carbocycles. The van der Waals surface area contributed by atoms with E-state index >= 15 is 0 Å². The van der Waals surface area contributed by atoms with E-state index in [4.69, 9.17) is 0 Å². The SMILES string of the molecule is O=C(C(CBr)c1ncccc1C(F)(F)F)C(CBr)c1ncccc1C(F)(F)F. The van der Waals surface area contributed by atoms with Crippen molar-refractivity contribution < 1.29 is 31.1 Å². The second kappa shape index (κ2) is 8.89. The lowest BCUT2D eigenvalue weighted by Crippen LogP contribution is -2.28. The first-order chi connectivity index (χ1) is 13.0. The van der Waals surface area contributed by atoms with E-state index in [0.717, 1.165) is 36.7 Å². The molecule has 2 aromatic rings. The van der Waals surface area contributed by atoms with Gasteiger partial charge in [0.25, 0.3) is 0 Å². The predicted molar refractivity (Wildman–Crippen MR) is 96.6 cm³/mol. The fourth-order valence-electron chi connectivity index (χ4n) is 2.68. The molecule has 0 saturated heterocycles. The van der Waals surface area contributed by atoms with Crippen LogP contribution in [0.3, 0.4) is 0 Å². The minimum atomic E-state index is -4.77. The molecule has 0 aromatic carbocycles. The van der Waals surface area contributed by atoms with Crippen LogP contribution in [0.1, 0.15) is 34.4 Å². The number of halogens is 8. The third kappa shape index (κ3) is 4.91. The second-order valence-electron chi connectivity index (χ2n) is 5.68. The first-order valence-corrected chi connectivity index (χ1v) is 9.96. The third-order valence-corrected chi connectivity index (χ3v) is 5.24. The maximum Gasteiger partial charge on any atom is 0.418 e. The van der Waals surface area contributed by atoms with E-state index in [1.807, 2.05) is 0 Å². The predicted octanol–water partition coefficient (Wildman–Crippen LogP) is 5.74. The minimum absolute atomic E-state index is 0.246. The lowest BCUT2D eigenvalue weighted by Gasteiger charge is -2.23. The molecular formula is C17H12Br2F6N2O. The normalized spacial score (nSPS) is 14.6. The Morgan fingerprint density at radius 3 is 1.46 bits per heavy atom. The highest BCUT2D eigenvalue weighted by atomic mass is 79.9. The number of hydrogen-bond donors (Lipinski definition) is 0. The summed E-state index contributed by atoms with van der Waals surface area (Å²) in [5.74, 6) is -3.69. The zero-order chi connectivity index (χ0) is 21.1. The standard InChI is InChI=1S/C17H12Br2F6N2O/c18-7-9(13-11(16(20,21)22)3-1-5-26-13)15(28)10(8-19)14-12(17(23,24)25)4-2-6-27-14/h1-6,9-10H,7-8H2. The summed E-state index contributed by atoms with van der Waals surface area (Å²) in [5, 5.41) is -0.493. The van der Waals surface area contributed by atoms with Crippen LogP contribution in [0.15, 0.2) is 36.7 Å². The second-order valence-corrected chi connectivity index (χ2v) is 6.98. The van der Waals surface area contributed by atoms with Crippen molar-refractivity contribution in [1.29, 1.82) is 0 Å². The van der Waals surface area contributed by atoms with Crippen LogP contribution in [0.2, 0.25) is 0 Å². The molecule has 2 unspecified atom stereocenters. The molecular weight excluding hydrogens is 522 g/mol. The minimum Gasteiger partial charge on any atom is -0.298 e. The van der Waals surface area contributed by atoms with Crippen LogP contribution in [0, 0.1) is 0 Å². The van der Waals surface area contributed by atoms with Crippen LogP contribution in [-0.4, -0.2) is 26.4 Å². The fourth-order valence-corrected chi connectivity index (χ4v) is 3.93. The van der Waals surface area contributed by atoms with Crippen molar-refractivity contribution >= 4 is 37.6 Å². The lowest BCUT2D eigenvalue weighted by atomic mass is 9.86. The number of Topliss-reactive ketones (excluding diaryl/α,β-unsaturated/α-hetero) is 1. The first kappa shape index (κ1) is 22.8. The molecule has 0 N–H and O–H groups in total. The number of carbonyl (C=O) groups is 1. The lowest BCUT2D eigenvalue weighted by molar-refractivity contribution is -0.139. The van der Waals surface area contributed by atoms with Gasteiger partial charge < -0.3 is 0 Å². The van der Waals surface area contributed by atoms with Gasteiger partial charge in [0.1, 0.15) is 0 Å². The van der Waals surface area contributed by atoms with Crippen molar-refractivity contribution in [3.8, 4) is 0 Å². The van der Waals surface area contributed by atoms with E-state index in [0.29, 0.717) is 0 Å². The molecule has 2 heterocycles. The average Bonchev–Trinajstić information content (AvgIpc) is 2.62. The Labute approximate surface area is 172 Å². The largest absolute Gasteiger partial charge is 0.418 e. The van der Waals surface area contributed by atoms with E-state index in [1.54, 1.807) is 0 Å². The molecule has 0 radical (unpaired) electrons. The van der Waals surface area contributed by atoms with Crippen LogP contribution < -0.4 is 0 Å². The Bertz CT molecular complexity index is 773. The molecule has 0 aliphatic heterocycles. The van der Waals surface area contributed by atoms with E-state index in [9.17, 15) is 31.1 Å². The number of hydrogen-bond acceptors (Lipinski definition) is 3. The number of ketones is 1. The highest BCUT2D eigenvalue weighted by Gasteiger charge is 2.42. The summed E-state index contributed by atoms with van der Waals surface area (Å²) in [6.07, 6.45) is -7.34.